The quantitative estimate of drug-likeness (QED) is 0.632. The maximum Gasteiger partial charge on any atom is 0.295 e. The van der Waals surface area contributed by atoms with Crippen molar-refractivity contribution in [2.45, 2.75) is 46.1 Å². The van der Waals surface area contributed by atoms with Crippen LogP contribution >= 0.6 is 11.8 Å². The zero-order valence-corrected chi connectivity index (χ0v) is 18.2. The number of aromatic nitrogens is 3. The molecular formula is C21H31N5O2S. The summed E-state index contributed by atoms with van der Waals surface area (Å²) in [5.74, 6) is 2.67. The Labute approximate surface area is 176 Å². The van der Waals surface area contributed by atoms with Gasteiger partial charge >= 0.3 is 0 Å². The van der Waals surface area contributed by atoms with Gasteiger partial charge in [-0.15, -0.1) is 0 Å². The second-order valence-corrected chi connectivity index (χ2v) is 8.60. The number of piperidine rings is 1. The summed E-state index contributed by atoms with van der Waals surface area (Å²) in [6, 6.07) is 3.71. The fourth-order valence-electron chi connectivity index (χ4n) is 3.72. The first kappa shape index (κ1) is 21.6. The van der Waals surface area contributed by atoms with Crippen LogP contribution in [0.2, 0.25) is 0 Å². The number of hydrogen-bond donors (Lipinski definition) is 1. The molecule has 0 aromatic carbocycles. The number of carbonyl (C=O) groups is 1. The number of hydrogen-bond acceptors (Lipinski definition) is 6. The Morgan fingerprint density at radius 2 is 2.21 bits per heavy atom. The summed E-state index contributed by atoms with van der Waals surface area (Å²) >= 11 is 1.93. The van der Waals surface area contributed by atoms with Crippen LogP contribution in [0.1, 0.15) is 39.5 Å². The topological polar surface area (TPSA) is 80.1 Å². The highest BCUT2D eigenvalue weighted by molar-refractivity contribution is 7.99. The molecule has 1 aliphatic heterocycles. The predicted molar refractivity (Wildman–Crippen MR) is 120 cm³/mol. The zero-order valence-electron chi connectivity index (χ0n) is 17.4. The molecule has 0 aliphatic carbocycles. The van der Waals surface area contributed by atoms with Gasteiger partial charge in [0.2, 0.25) is 5.91 Å². The van der Waals surface area contributed by atoms with E-state index in [4.69, 9.17) is 0 Å². The number of amides is 1. The molecule has 7 nitrogen and oxygen atoms in total. The molecule has 1 unspecified atom stereocenters. The van der Waals surface area contributed by atoms with E-state index in [0.29, 0.717) is 36.6 Å². The zero-order chi connectivity index (χ0) is 20.6. The molecule has 158 valence electrons. The van der Waals surface area contributed by atoms with Gasteiger partial charge in [0.25, 0.3) is 5.56 Å². The second kappa shape index (κ2) is 10.6. The van der Waals surface area contributed by atoms with Crippen molar-refractivity contribution < 1.29 is 4.79 Å². The van der Waals surface area contributed by atoms with Crippen molar-refractivity contribution in [1.82, 2.24) is 19.9 Å². The van der Waals surface area contributed by atoms with Gasteiger partial charge in [-0.3, -0.25) is 14.2 Å². The van der Waals surface area contributed by atoms with E-state index in [9.17, 15) is 9.59 Å². The molecule has 0 bridgehead atoms. The van der Waals surface area contributed by atoms with Gasteiger partial charge in [-0.05, 0) is 56.2 Å². The Bertz CT molecular complexity index is 885. The number of carbonyl (C=O) groups excluding carboxylic acids is 1. The highest BCUT2D eigenvalue weighted by atomic mass is 32.2. The minimum absolute atomic E-state index is 0.0912. The molecule has 1 saturated heterocycles. The van der Waals surface area contributed by atoms with E-state index >= 15 is 0 Å². The van der Waals surface area contributed by atoms with E-state index in [2.05, 4.69) is 22.2 Å². The van der Waals surface area contributed by atoms with E-state index in [-0.39, 0.29) is 17.4 Å². The lowest BCUT2D eigenvalue weighted by Gasteiger charge is -2.32. The fraction of sp³-hybridized carbons (Fsp3) is 0.619. The van der Waals surface area contributed by atoms with Gasteiger partial charge < -0.3 is 10.2 Å². The van der Waals surface area contributed by atoms with Gasteiger partial charge in [0.1, 0.15) is 5.52 Å². The normalized spacial score (nSPS) is 16.9. The maximum atomic E-state index is 13.0. The lowest BCUT2D eigenvalue weighted by atomic mass is 9.97. The molecule has 29 heavy (non-hydrogen) atoms. The summed E-state index contributed by atoms with van der Waals surface area (Å²) < 4.78 is 1.66. The number of anilines is 1. The molecule has 2 aromatic rings. The minimum atomic E-state index is -0.132. The van der Waals surface area contributed by atoms with Crippen molar-refractivity contribution >= 4 is 34.7 Å². The van der Waals surface area contributed by atoms with Crippen molar-refractivity contribution in [3.63, 3.8) is 0 Å². The number of rotatable bonds is 9. The molecule has 1 aliphatic rings. The monoisotopic (exact) mass is 417 g/mol. The molecule has 0 spiro atoms. The van der Waals surface area contributed by atoms with Crippen LogP contribution in [0.5, 0.6) is 0 Å². The molecular weight excluding hydrogens is 386 g/mol. The van der Waals surface area contributed by atoms with E-state index in [0.717, 1.165) is 31.6 Å². The third-order valence-electron chi connectivity index (χ3n) is 5.21. The molecule has 1 N–H and O–H groups in total. The van der Waals surface area contributed by atoms with Crippen LogP contribution in [0.25, 0.3) is 11.2 Å². The molecule has 8 heteroatoms. The molecule has 1 atom stereocenters. The average Bonchev–Trinajstić information content (AvgIpc) is 2.75. The Morgan fingerprint density at radius 1 is 1.34 bits per heavy atom. The largest absolute Gasteiger partial charge is 0.356 e. The molecule has 0 saturated carbocycles. The standard InChI is InChI=1S/C21H31N5O2S/c1-3-13-29-14-7-11-23-20(27)16-8-6-12-25(15-16)19-21(28)26(4-2)18-17(24-19)9-5-10-22-18/h5,9-10,16H,3-4,6-8,11-15H2,1-2H3,(H,23,27). The summed E-state index contributed by atoms with van der Waals surface area (Å²) in [4.78, 5) is 36.5. The van der Waals surface area contributed by atoms with E-state index < -0.39 is 0 Å². The van der Waals surface area contributed by atoms with Gasteiger partial charge in [-0.1, -0.05) is 6.92 Å². The maximum absolute atomic E-state index is 13.0. The lowest BCUT2D eigenvalue weighted by molar-refractivity contribution is -0.125. The van der Waals surface area contributed by atoms with Crippen molar-refractivity contribution in [3.05, 3.63) is 28.7 Å². The van der Waals surface area contributed by atoms with Crippen LogP contribution < -0.4 is 15.8 Å². The van der Waals surface area contributed by atoms with Crippen molar-refractivity contribution in [3.8, 4) is 0 Å². The first-order valence-electron chi connectivity index (χ1n) is 10.6. The van der Waals surface area contributed by atoms with Crippen molar-refractivity contribution in [2.75, 3.05) is 36.0 Å². The number of thioether (sulfide) groups is 1. The number of fused-ring (bicyclic) bond motifs is 1. The number of nitrogens with zero attached hydrogens (tertiary/aromatic N) is 4. The van der Waals surface area contributed by atoms with Crippen molar-refractivity contribution in [1.29, 1.82) is 0 Å². The molecule has 1 amide bonds. The van der Waals surface area contributed by atoms with Crippen LogP contribution in [0.15, 0.2) is 23.1 Å². The molecule has 0 radical (unpaired) electrons. The first-order chi connectivity index (χ1) is 14.2. The summed E-state index contributed by atoms with van der Waals surface area (Å²) in [5.41, 5.74) is 1.18. The Morgan fingerprint density at radius 3 is 3.00 bits per heavy atom. The van der Waals surface area contributed by atoms with Crippen LogP contribution in [0, 0.1) is 5.92 Å². The number of pyridine rings is 1. The molecule has 3 heterocycles. The van der Waals surface area contributed by atoms with Crippen LogP contribution in [-0.2, 0) is 11.3 Å². The summed E-state index contributed by atoms with van der Waals surface area (Å²) in [6.07, 6.45) is 5.59. The van der Waals surface area contributed by atoms with Gasteiger partial charge in [0.05, 0.1) is 5.92 Å². The predicted octanol–water partition coefficient (Wildman–Crippen LogP) is 2.68. The van der Waals surface area contributed by atoms with Crippen molar-refractivity contribution in [2.24, 2.45) is 5.92 Å². The van der Waals surface area contributed by atoms with Gasteiger partial charge in [0, 0.05) is 32.4 Å². The highest BCUT2D eigenvalue weighted by Crippen LogP contribution is 2.21. The molecule has 3 rings (SSSR count). The minimum Gasteiger partial charge on any atom is -0.356 e. The Kier molecular flexibility index (Phi) is 7.91. The second-order valence-electron chi connectivity index (χ2n) is 7.37. The Hall–Kier alpha value is -2.09. The summed E-state index contributed by atoms with van der Waals surface area (Å²) in [7, 11) is 0. The van der Waals surface area contributed by atoms with E-state index in [1.165, 1.54) is 12.2 Å². The average molecular weight is 418 g/mol. The summed E-state index contributed by atoms with van der Waals surface area (Å²) in [6.45, 7) is 6.65. The third-order valence-corrected chi connectivity index (χ3v) is 6.48. The number of nitrogens with one attached hydrogen (secondary N) is 1. The van der Waals surface area contributed by atoms with Crippen LogP contribution in [-0.4, -0.2) is 51.6 Å². The third kappa shape index (κ3) is 5.29. The van der Waals surface area contributed by atoms with E-state index in [1.807, 2.05) is 35.7 Å². The lowest BCUT2D eigenvalue weighted by Crippen LogP contribution is -2.45. The number of aryl methyl sites for hydroxylation is 1. The molecule has 1 fully saturated rings. The van der Waals surface area contributed by atoms with Gasteiger partial charge in [-0.2, -0.15) is 11.8 Å². The molecule has 2 aromatic heterocycles. The van der Waals surface area contributed by atoms with Crippen LogP contribution in [0.3, 0.4) is 0 Å². The van der Waals surface area contributed by atoms with Gasteiger partial charge in [0.15, 0.2) is 11.5 Å². The van der Waals surface area contributed by atoms with Crippen LogP contribution in [0.4, 0.5) is 5.82 Å². The smallest absolute Gasteiger partial charge is 0.295 e. The Balaban J connectivity index is 1.67. The SMILES string of the molecule is CCCSCCCNC(=O)C1CCCN(c2nc3cccnc3n(CC)c2=O)C1. The summed E-state index contributed by atoms with van der Waals surface area (Å²) in [5, 5.41) is 3.08. The van der Waals surface area contributed by atoms with E-state index in [1.54, 1.807) is 10.8 Å². The fourth-order valence-corrected chi connectivity index (χ4v) is 4.56. The highest BCUT2D eigenvalue weighted by Gasteiger charge is 2.28. The first-order valence-corrected chi connectivity index (χ1v) is 11.8. The van der Waals surface area contributed by atoms with Gasteiger partial charge in [-0.25, -0.2) is 9.97 Å².